The van der Waals surface area contributed by atoms with Crippen molar-refractivity contribution < 1.29 is 47.9 Å². The van der Waals surface area contributed by atoms with Crippen LogP contribution in [0.4, 0.5) is 22.0 Å². The predicted octanol–water partition coefficient (Wildman–Crippen LogP) is 6.87. The molecular formula is C60H78N10O10. The fraction of sp³-hybridized carbons (Fsp3) is 0.483. The number of anilines is 2. The van der Waals surface area contributed by atoms with Gasteiger partial charge in [-0.05, 0) is 105 Å². The molecule has 2 unspecified atom stereocenters. The third-order valence-electron chi connectivity index (χ3n) is 14.5. The zero-order valence-electron chi connectivity index (χ0n) is 46.6. The number of hydrogen-bond acceptors (Lipinski definition) is 14. The topological polar surface area (TPSA) is 286 Å². The number of urea groups is 1. The number of Topliss-reactive ketones (excluding diaryl/α,β-unsaturated/α-hetero) is 2. The number of piperidine rings is 1. The van der Waals surface area contributed by atoms with Gasteiger partial charge < -0.3 is 42.0 Å². The number of rotatable bonds is 30. The Morgan fingerprint density at radius 3 is 2.21 bits per heavy atom. The lowest BCUT2D eigenvalue weighted by atomic mass is 9.88. The van der Waals surface area contributed by atoms with E-state index in [1.807, 2.05) is 44.7 Å². The van der Waals surface area contributed by atoms with Gasteiger partial charge in [-0.2, -0.15) is 0 Å². The first-order valence-electron chi connectivity index (χ1n) is 28.1. The average molecular weight is 1100 g/mol. The van der Waals surface area contributed by atoms with Gasteiger partial charge in [0.15, 0.2) is 5.78 Å². The second-order valence-corrected chi connectivity index (χ2v) is 21.2. The number of esters is 1. The largest absolute Gasteiger partial charge is 0.461 e. The molecule has 7 amide bonds. The van der Waals surface area contributed by atoms with Crippen molar-refractivity contribution in [2.45, 2.75) is 130 Å². The van der Waals surface area contributed by atoms with Gasteiger partial charge in [0, 0.05) is 106 Å². The number of imide groups is 1. The molecule has 0 radical (unpaired) electrons. The Kier molecular flexibility index (Phi) is 23.2. The molecule has 1 fully saturated rings. The molecule has 3 aliphatic rings. The number of benzene rings is 2. The van der Waals surface area contributed by atoms with E-state index in [0.29, 0.717) is 91.3 Å². The number of unbranched alkanes of at least 4 members (excludes halogenated alkanes) is 2. The molecule has 3 aliphatic heterocycles. The number of nitrogens with one attached hydrogen (secondary N) is 3. The van der Waals surface area contributed by atoms with Crippen molar-refractivity contribution in [3.8, 4) is 0 Å². The number of aromatic nitrogens is 1. The van der Waals surface area contributed by atoms with Crippen LogP contribution >= 0.6 is 0 Å². The van der Waals surface area contributed by atoms with Crippen LogP contribution in [-0.4, -0.2) is 119 Å². The van der Waals surface area contributed by atoms with E-state index in [2.05, 4.69) is 30.8 Å². The normalized spacial score (nSPS) is 15.1. The second kappa shape index (κ2) is 30.4. The third kappa shape index (κ3) is 18.5. The maximum Gasteiger partial charge on any atom is 0.312 e. The Bertz CT molecular complexity index is 2780. The molecule has 0 bridgehead atoms. The Balaban J connectivity index is 0.920. The first kappa shape index (κ1) is 61.2. The lowest BCUT2D eigenvalue weighted by Gasteiger charge is -2.32. The minimum absolute atomic E-state index is 0.00180. The first-order chi connectivity index (χ1) is 38.4. The Hall–Kier alpha value is -8.03. The van der Waals surface area contributed by atoms with Gasteiger partial charge in [-0.25, -0.2) is 14.8 Å². The van der Waals surface area contributed by atoms with Crippen LogP contribution in [0.3, 0.4) is 0 Å². The number of carbonyl (C=O) groups excluding carboxylic acids is 9. The Labute approximate surface area is 468 Å². The van der Waals surface area contributed by atoms with Crippen molar-refractivity contribution in [1.29, 1.82) is 0 Å². The number of ether oxygens (including phenoxy) is 1. The Morgan fingerprint density at radius 2 is 1.56 bits per heavy atom. The van der Waals surface area contributed by atoms with Gasteiger partial charge in [-0.15, -0.1) is 0 Å². The number of nitrogens with zero attached hydrogens (tertiary/aromatic N) is 5. The second-order valence-electron chi connectivity index (χ2n) is 21.2. The molecule has 2 aromatic carbocycles. The molecular weight excluding hydrogens is 1020 g/mol. The number of amides is 7. The van der Waals surface area contributed by atoms with Crippen molar-refractivity contribution in [2.75, 3.05) is 49.5 Å². The van der Waals surface area contributed by atoms with Gasteiger partial charge in [0.2, 0.25) is 11.8 Å². The number of pyridine rings is 1. The van der Waals surface area contributed by atoms with E-state index in [4.69, 9.17) is 16.2 Å². The van der Waals surface area contributed by atoms with Gasteiger partial charge in [-0.3, -0.25) is 43.3 Å². The molecule has 0 saturated carbocycles. The molecule has 0 spiro atoms. The van der Waals surface area contributed by atoms with Crippen molar-refractivity contribution in [3.63, 3.8) is 0 Å². The molecule has 1 saturated heterocycles. The van der Waals surface area contributed by atoms with Crippen LogP contribution in [0.25, 0.3) is 6.08 Å². The highest BCUT2D eigenvalue weighted by Gasteiger charge is 2.30. The number of nitrogens with two attached hydrogens (primary N) is 2. The third-order valence-corrected chi connectivity index (χ3v) is 14.5. The van der Waals surface area contributed by atoms with Crippen LogP contribution in [0, 0.1) is 17.8 Å². The van der Waals surface area contributed by atoms with Crippen molar-refractivity contribution in [1.82, 2.24) is 25.4 Å². The summed E-state index contributed by atoms with van der Waals surface area (Å²) in [4.78, 5) is 129. The maximum atomic E-state index is 13.8. The summed E-state index contributed by atoms with van der Waals surface area (Å²) in [5, 5.41) is 8.32. The van der Waals surface area contributed by atoms with Crippen molar-refractivity contribution in [2.24, 2.45) is 34.2 Å². The molecule has 428 valence electrons. The SMILES string of the molecule is CCCN(CCC)C(=O)C1=Cc2ccc(C(=O)Nc3ccc(N4CCC(CC(=O)OCc5ccc(CC(=O)C(CCCNC(N)=O)NC(=O)C(CC(=O)CCCCCN6C(=O)C=CC6=O)C(C)C)cc5)CC4)nc3)cc2N=C(N)C1. The molecule has 20 nitrogen and oxygen atoms in total. The highest BCUT2D eigenvalue weighted by atomic mass is 16.5. The summed E-state index contributed by atoms with van der Waals surface area (Å²) in [6, 6.07) is 14.4. The lowest BCUT2D eigenvalue weighted by Crippen LogP contribution is -2.46. The number of carbonyl (C=O) groups is 9. The zero-order valence-corrected chi connectivity index (χ0v) is 46.6. The molecule has 7 N–H and O–H groups in total. The van der Waals surface area contributed by atoms with Crippen molar-refractivity contribution in [3.05, 3.63) is 101 Å². The monoisotopic (exact) mass is 1100 g/mol. The van der Waals surface area contributed by atoms with E-state index in [-0.39, 0.29) is 111 Å². The molecule has 4 heterocycles. The summed E-state index contributed by atoms with van der Waals surface area (Å²) in [7, 11) is 0. The van der Waals surface area contributed by atoms with Gasteiger partial charge in [0.05, 0.1) is 23.6 Å². The number of aliphatic imine (C=N–C) groups is 1. The van der Waals surface area contributed by atoms with Crippen molar-refractivity contribution >= 4 is 82.2 Å². The number of hydrogen-bond donors (Lipinski definition) is 5. The van der Waals surface area contributed by atoms with E-state index < -0.39 is 23.9 Å². The zero-order chi connectivity index (χ0) is 57.7. The fourth-order valence-corrected chi connectivity index (χ4v) is 9.99. The van der Waals surface area contributed by atoms with Gasteiger partial charge in [0.1, 0.15) is 24.0 Å². The number of amidine groups is 1. The quantitative estimate of drug-likeness (QED) is 0.0259. The summed E-state index contributed by atoms with van der Waals surface area (Å²) in [6.45, 7) is 11.0. The Morgan fingerprint density at radius 1 is 0.863 bits per heavy atom. The van der Waals surface area contributed by atoms with Crippen LogP contribution in [-0.2, 0) is 51.3 Å². The number of primary amides is 1. The highest BCUT2D eigenvalue weighted by molar-refractivity contribution is 6.13. The van der Waals surface area contributed by atoms with Gasteiger partial charge >= 0.3 is 12.0 Å². The van der Waals surface area contributed by atoms with E-state index >= 15 is 0 Å². The summed E-state index contributed by atoms with van der Waals surface area (Å²) < 4.78 is 5.66. The van der Waals surface area contributed by atoms with Crippen LogP contribution in [0.15, 0.2) is 83.5 Å². The molecule has 6 rings (SSSR count). The van der Waals surface area contributed by atoms with Gasteiger partial charge in [0.25, 0.3) is 17.7 Å². The van der Waals surface area contributed by atoms with E-state index in [0.717, 1.165) is 37.1 Å². The molecule has 0 aliphatic carbocycles. The lowest BCUT2D eigenvalue weighted by molar-refractivity contribution is -0.146. The average Bonchev–Trinajstić information content (AvgIpc) is 3.67. The van der Waals surface area contributed by atoms with Gasteiger partial charge in [-0.1, -0.05) is 64.4 Å². The molecule has 20 heteroatoms. The predicted molar refractivity (Wildman–Crippen MR) is 305 cm³/mol. The standard InChI is InChI=1S/C60H78N10O10/c1-5-26-69(27-6-2)59(78)45-33-43-17-18-44(34-50(43)66-52(61)35-45)57(76)65-46-19-20-53(64-37-46)68-29-23-41(24-30-68)32-56(75)80-38-42-15-13-40(14-16-42)31-51(72)49(12-10-25-63-60(62)79)67-58(77)48(39(3)4)36-47(71)11-8-7-9-28-70-54(73)21-22-55(70)74/h13-22,33-34,37,39,41,48-49H,5-12,23-32,35-36,38H2,1-4H3,(H2,61,66)(H,65,76)(H,67,77)(H3,62,63,79). The minimum Gasteiger partial charge on any atom is -0.461 e. The maximum absolute atomic E-state index is 13.8. The van der Waals surface area contributed by atoms with Crippen LogP contribution in [0.1, 0.15) is 138 Å². The van der Waals surface area contributed by atoms with Crippen LogP contribution in [0.5, 0.6) is 0 Å². The summed E-state index contributed by atoms with van der Waals surface area (Å²) in [6.07, 6.45) is 12.2. The van der Waals surface area contributed by atoms with E-state index in [1.165, 1.54) is 17.1 Å². The minimum atomic E-state index is -0.890. The molecule has 1 aromatic heterocycles. The summed E-state index contributed by atoms with van der Waals surface area (Å²) in [5.41, 5.74) is 15.6. The molecule has 80 heavy (non-hydrogen) atoms. The smallest absolute Gasteiger partial charge is 0.312 e. The number of fused-ring (bicyclic) bond motifs is 1. The fourth-order valence-electron chi connectivity index (χ4n) is 9.99. The highest BCUT2D eigenvalue weighted by Crippen LogP contribution is 2.30. The van der Waals surface area contributed by atoms with Crippen LogP contribution < -0.4 is 32.3 Å². The first-order valence-corrected chi connectivity index (χ1v) is 28.1. The summed E-state index contributed by atoms with van der Waals surface area (Å²) >= 11 is 0. The molecule has 2 atom stereocenters. The van der Waals surface area contributed by atoms with E-state index in [1.54, 1.807) is 54.7 Å². The summed E-state index contributed by atoms with van der Waals surface area (Å²) in [5.74, 6) is -1.82. The van der Waals surface area contributed by atoms with E-state index in [9.17, 15) is 43.2 Å². The molecule has 3 aromatic rings. The number of ketones is 2. The van der Waals surface area contributed by atoms with Crippen LogP contribution in [0.2, 0.25) is 0 Å².